The molecule has 1 aliphatic carbocycles. The van der Waals surface area contributed by atoms with Gasteiger partial charge in [-0.3, -0.25) is 0 Å². The Bertz CT molecular complexity index is 1510. The van der Waals surface area contributed by atoms with Gasteiger partial charge in [-0.25, -0.2) is 0 Å². The molecule has 2 heteroatoms. The third-order valence-electron chi connectivity index (χ3n) is 6.18. The molecule has 6 rings (SSSR count). The minimum atomic E-state index is 0.678. The van der Waals surface area contributed by atoms with Crippen LogP contribution in [0.5, 0.6) is 0 Å². The number of nitrogens with zero attached hydrogens (tertiary/aromatic N) is 1. The Morgan fingerprint density at radius 3 is 2.16 bits per heavy atom. The van der Waals surface area contributed by atoms with Crippen LogP contribution >= 0.6 is 0 Å². The molecule has 0 unspecified atom stereocenters. The molecule has 4 aromatic carbocycles. The van der Waals surface area contributed by atoms with Crippen LogP contribution in [0, 0.1) is 11.3 Å². The SMILES string of the molecule is N#Cc1ccc(-c2ccc(-c3cc4c5c(oc4c4ccccc34)CCC=C5)cc2)cc1. The number of hydrogen-bond donors (Lipinski definition) is 0. The van der Waals surface area contributed by atoms with Crippen LogP contribution in [0.3, 0.4) is 0 Å². The normalized spacial score (nSPS) is 12.7. The highest BCUT2D eigenvalue weighted by molar-refractivity contribution is 6.13. The van der Waals surface area contributed by atoms with Crippen molar-refractivity contribution >= 4 is 27.8 Å². The quantitative estimate of drug-likeness (QED) is 0.305. The van der Waals surface area contributed by atoms with Crippen LogP contribution in [-0.2, 0) is 6.42 Å². The molecule has 0 fully saturated rings. The maximum absolute atomic E-state index is 9.02. The van der Waals surface area contributed by atoms with Gasteiger partial charge in [0.1, 0.15) is 11.3 Å². The van der Waals surface area contributed by atoms with Crippen LogP contribution in [-0.4, -0.2) is 0 Å². The first kappa shape index (κ1) is 17.7. The van der Waals surface area contributed by atoms with E-state index in [0.29, 0.717) is 5.56 Å². The minimum Gasteiger partial charge on any atom is -0.460 e. The molecule has 0 amide bonds. The Morgan fingerprint density at radius 2 is 1.42 bits per heavy atom. The second-order valence-electron chi connectivity index (χ2n) is 7.99. The lowest BCUT2D eigenvalue weighted by Gasteiger charge is -2.10. The summed E-state index contributed by atoms with van der Waals surface area (Å²) in [4.78, 5) is 0. The number of furan rings is 1. The lowest BCUT2D eigenvalue weighted by molar-refractivity contribution is 0.549. The van der Waals surface area contributed by atoms with Gasteiger partial charge in [0.25, 0.3) is 0 Å². The molecule has 1 aromatic heterocycles. The van der Waals surface area contributed by atoms with E-state index >= 15 is 0 Å². The standard InChI is InChI=1S/C29H19NO/c30-18-19-9-11-20(12-10-19)21-13-15-22(16-14-21)26-17-27-24-6-3-4-8-28(24)31-29(27)25-7-2-1-5-23(25)26/h1-3,5-7,9-17H,4,8H2. The van der Waals surface area contributed by atoms with E-state index in [0.717, 1.165) is 40.7 Å². The molecule has 1 heterocycles. The summed E-state index contributed by atoms with van der Waals surface area (Å²) in [5.74, 6) is 1.09. The Morgan fingerprint density at radius 1 is 0.742 bits per heavy atom. The number of rotatable bonds is 2. The van der Waals surface area contributed by atoms with Gasteiger partial charge in [0.2, 0.25) is 0 Å². The number of hydrogen-bond acceptors (Lipinski definition) is 2. The molecule has 5 aromatic rings. The number of nitriles is 1. The van der Waals surface area contributed by atoms with Crippen LogP contribution in [0.4, 0.5) is 0 Å². The zero-order valence-corrected chi connectivity index (χ0v) is 16.9. The Labute approximate surface area is 180 Å². The predicted octanol–water partition coefficient (Wildman–Crippen LogP) is 7.75. The lowest BCUT2D eigenvalue weighted by Crippen LogP contribution is -1.88. The van der Waals surface area contributed by atoms with E-state index in [1.54, 1.807) is 0 Å². The first-order valence-corrected chi connectivity index (χ1v) is 10.6. The summed E-state index contributed by atoms with van der Waals surface area (Å²) in [5, 5.41) is 12.6. The maximum atomic E-state index is 9.02. The van der Waals surface area contributed by atoms with Crippen LogP contribution in [0.1, 0.15) is 23.3 Å². The molecule has 0 bridgehead atoms. The van der Waals surface area contributed by atoms with Gasteiger partial charge in [0.15, 0.2) is 0 Å². The first-order valence-electron chi connectivity index (χ1n) is 10.6. The molecule has 1 aliphatic rings. The molecule has 146 valence electrons. The Balaban J connectivity index is 1.52. The zero-order chi connectivity index (χ0) is 20.8. The van der Waals surface area contributed by atoms with Gasteiger partial charge < -0.3 is 4.42 Å². The largest absolute Gasteiger partial charge is 0.460 e. The lowest BCUT2D eigenvalue weighted by atomic mass is 9.93. The van der Waals surface area contributed by atoms with Crippen LogP contribution in [0.15, 0.2) is 89.4 Å². The van der Waals surface area contributed by atoms with Crippen molar-refractivity contribution in [2.24, 2.45) is 0 Å². The molecule has 31 heavy (non-hydrogen) atoms. The van der Waals surface area contributed by atoms with Crippen molar-refractivity contribution in [1.29, 1.82) is 5.26 Å². The van der Waals surface area contributed by atoms with Crippen molar-refractivity contribution in [2.45, 2.75) is 12.8 Å². The molecule has 0 saturated heterocycles. The van der Waals surface area contributed by atoms with E-state index in [-0.39, 0.29) is 0 Å². The predicted molar refractivity (Wildman–Crippen MR) is 127 cm³/mol. The van der Waals surface area contributed by atoms with Crippen LogP contribution in [0.25, 0.3) is 50.1 Å². The number of aryl methyl sites for hydroxylation is 1. The Hall–Kier alpha value is -4.09. The third-order valence-corrected chi connectivity index (χ3v) is 6.18. The van der Waals surface area contributed by atoms with E-state index in [1.807, 2.05) is 24.3 Å². The molecular formula is C29H19NO. The fourth-order valence-electron chi connectivity index (χ4n) is 4.59. The fraction of sp³-hybridized carbons (Fsp3) is 0.0690. The molecule has 0 radical (unpaired) electrons. The van der Waals surface area contributed by atoms with E-state index < -0.39 is 0 Å². The van der Waals surface area contributed by atoms with Gasteiger partial charge in [0.05, 0.1) is 11.6 Å². The van der Waals surface area contributed by atoms with Crippen molar-refractivity contribution in [3.8, 4) is 28.3 Å². The average Bonchev–Trinajstić information content (AvgIpc) is 3.23. The summed E-state index contributed by atoms with van der Waals surface area (Å²) < 4.78 is 6.32. The second-order valence-corrected chi connectivity index (χ2v) is 7.99. The number of benzene rings is 4. The minimum absolute atomic E-state index is 0.678. The van der Waals surface area contributed by atoms with Crippen molar-refractivity contribution in [2.75, 3.05) is 0 Å². The van der Waals surface area contributed by atoms with Gasteiger partial charge in [-0.15, -0.1) is 0 Å². The van der Waals surface area contributed by atoms with Crippen molar-refractivity contribution in [1.82, 2.24) is 0 Å². The summed E-state index contributed by atoms with van der Waals surface area (Å²) >= 11 is 0. The molecule has 0 saturated carbocycles. The van der Waals surface area contributed by atoms with Gasteiger partial charge in [-0.1, -0.05) is 72.8 Å². The summed E-state index contributed by atoms with van der Waals surface area (Å²) in [5.41, 5.74) is 7.55. The highest BCUT2D eigenvalue weighted by atomic mass is 16.3. The van der Waals surface area contributed by atoms with Gasteiger partial charge in [-0.2, -0.15) is 5.26 Å². The van der Waals surface area contributed by atoms with E-state index in [9.17, 15) is 0 Å². The van der Waals surface area contributed by atoms with Gasteiger partial charge in [-0.05, 0) is 52.3 Å². The van der Waals surface area contributed by atoms with E-state index in [4.69, 9.17) is 9.68 Å². The number of fused-ring (bicyclic) bond motifs is 5. The van der Waals surface area contributed by atoms with Crippen molar-refractivity contribution < 1.29 is 4.42 Å². The summed E-state index contributed by atoms with van der Waals surface area (Å²) in [6.45, 7) is 0. The molecule has 0 N–H and O–H groups in total. The molecular weight excluding hydrogens is 378 g/mol. The topological polar surface area (TPSA) is 36.9 Å². The first-order chi connectivity index (χ1) is 15.3. The van der Waals surface area contributed by atoms with E-state index in [2.05, 4.69) is 72.8 Å². The van der Waals surface area contributed by atoms with Crippen LogP contribution < -0.4 is 0 Å². The highest BCUT2D eigenvalue weighted by Gasteiger charge is 2.18. The highest BCUT2D eigenvalue weighted by Crippen LogP contribution is 2.40. The monoisotopic (exact) mass is 397 g/mol. The summed E-state index contributed by atoms with van der Waals surface area (Å²) in [7, 11) is 0. The molecule has 0 atom stereocenters. The van der Waals surface area contributed by atoms with E-state index in [1.165, 1.54) is 27.5 Å². The summed E-state index contributed by atoms with van der Waals surface area (Å²) in [6, 6.07) is 29.4. The fourth-order valence-corrected chi connectivity index (χ4v) is 4.59. The Kier molecular flexibility index (Phi) is 4.01. The summed E-state index contributed by atoms with van der Waals surface area (Å²) in [6.07, 6.45) is 6.44. The molecule has 0 aliphatic heterocycles. The smallest absolute Gasteiger partial charge is 0.142 e. The van der Waals surface area contributed by atoms with Gasteiger partial charge in [0, 0.05) is 22.8 Å². The molecule has 0 spiro atoms. The van der Waals surface area contributed by atoms with Crippen LogP contribution in [0.2, 0.25) is 0 Å². The second kappa shape index (κ2) is 7.00. The maximum Gasteiger partial charge on any atom is 0.142 e. The number of allylic oxidation sites excluding steroid dienone is 1. The van der Waals surface area contributed by atoms with Gasteiger partial charge >= 0.3 is 0 Å². The molecule has 2 nitrogen and oxygen atoms in total. The average molecular weight is 397 g/mol. The third kappa shape index (κ3) is 2.86. The zero-order valence-electron chi connectivity index (χ0n) is 16.9. The van der Waals surface area contributed by atoms with Crippen molar-refractivity contribution in [3.63, 3.8) is 0 Å². The van der Waals surface area contributed by atoms with Crippen molar-refractivity contribution in [3.05, 3.63) is 102 Å².